The standard InChI is InChI=1S/C22H26O4/c1-17(15-24-16-18-8-4-2-5-9-18)21-14-20(12-13-23)25-22(26-21)19-10-6-3-7-11-19/h2-11,13,17,20-22H,12,14-16H2,1H3/t17-,20-,21-,22?/m0/s1. The van der Waals surface area contributed by atoms with Crippen molar-refractivity contribution in [3.05, 3.63) is 71.8 Å². The number of carbonyl (C=O) groups excluding carboxylic acids is 1. The molecule has 0 aliphatic carbocycles. The van der Waals surface area contributed by atoms with Gasteiger partial charge in [-0.15, -0.1) is 0 Å². The van der Waals surface area contributed by atoms with Gasteiger partial charge in [0.05, 0.1) is 25.4 Å². The summed E-state index contributed by atoms with van der Waals surface area (Å²) in [5.74, 6) is 0.211. The van der Waals surface area contributed by atoms with Gasteiger partial charge in [0.15, 0.2) is 6.29 Å². The van der Waals surface area contributed by atoms with Crippen LogP contribution in [0.4, 0.5) is 0 Å². The van der Waals surface area contributed by atoms with Crippen LogP contribution in [0.2, 0.25) is 0 Å². The molecule has 1 aliphatic heterocycles. The van der Waals surface area contributed by atoms with Crippen molar-refractivity contribution in [2.24, 2.45) is 5.92 Å². The first-order valence-electron chi connectivity index (χ1n) is 9.17. The molecule has 1 aliphatic rings. The van der Waals surface area contributed by atoms with E-state index in [2.05, 4.69) is 19.1 Å². The molecule has 4 atom stereocenters. The van der Waals surface area contributed by atoms with Crippen LogP contribution in [0.25, 0.3) is 0 Å². The van der Waals surface area contributed by atoms with E-state index in [-0.39, 0.29) is 18.1 Å². The Kier molecular flexibility index (Phi) is 6.95. The van der Waals surface area contributed by atoms with Gasteiger partial charge in [-0.1, -0.05) is 67.6 Å². The highest BCUT2D eigenvalue weighted by molar-refractivity contribution is 5.50. The molecule has 2 aromatic rings. The minimum atomic E-state index is -0.434. The van der Waals surface area contributed by atoms with Gasteiger partial charge in [-0.3, -0.25) is 0 Å². The summed E-state index contributed by atoms with van der Waals surface area (Å²) in [5, 5.41) is 0. The molecule has 1 fully saturated rings. The molecule has 0 bridgehead atoms. The topological polar surface area (TPSA) is 44.8 Å². The van der Waals surface area contributed by atoms with Crippen molar-refractivity contribution < 1.29 is 19.0 Å². The third kappa shape index (κ3) is 5.24. The second-order valence-corrected chi connectivity index (χ2v) is 6.79. The Morgan fingerprint density at radius 1 is 1.08 bits per heavy atom. The molecule has 4 heteroatoms. The summed E-state index contributed by atoms with van der Waals surface area (Å²) >= 11 is 0. The molecule has 0 amide bonds. The normalized spacial score (nSPS) is 24.1. The van der Waals surface area contributed by atoms with Crippen LogP contribution in [-0.4, -0.2) is 25.1 Å². The molecule has 0 spiro atoms. The van der Waals surface area contributed by atoms with Crippen molar-refractivity contribution in [1.29, 1.82) is 0 Å². The van der Waals surface area contributed by atoms with Crippen LogP contribution in [0, 0.1) is 5.92 Å². The van der Waals surface area contributed by atoms with E-state index in [9.17, 15) is 4.79 Å². The second-order valence-electron chi connectivity index (χ2n) is 6.79. The van der Waals surface area contributed by atoms with E-state index in [0.29, 0.717) is 26.1 Å². The fraction of sp³-hybridized carbons (Fsp3) is 0.409. The molecule has 3 rings (SSSR count). The molecular formula is C22H26O4. The molecule has 26 heavy (non-hydrogen) atoms. The Bertz CT molecular complexity index is 658. The van der Waals surface area contributed by atoms with E-state index >= 15 is 0 Å². The zero-order chi connectivity index (χ0) is 18.2. The van der Waals surface area contributed by atoms with E-state index in [1.165, 1.54) is 0 Å². The zero-order valence-electron chi connectivity index (χ0n) is 15.1. The number of benzene rings is 2. The molecule has 1 saturated heterocycles. The van der Waals surface area contributed by atoms with Crippen molar-refractivity contribution in [2.75, 3.05) is 6.61 Å². The molecule has 1 unspecified atom stereocenters. The highest BCUT2D eigenvalue weighted by Crippen LogP contribution is 2.33. The monoisotopic (exact) mass is 354 g/mol. The number of hydrogen-bond acceptors (Lipinski definition) is 4. The minimum Gasteiger partial charge on any atom is -0.376 e. The van der Waals surface area contributed by atoms with Crippen molar-refractivity contribution in [3.63, 3.8) is 0 Å². The number of hydrogen-bond donors (Lipinski definition) is 0. The maximum Gasteiger partial charge on any atom is 0.184 e. The maximum atomic E-state index is 11.0. The van der Waals surface area contributed by atoms with Gasteiger partial charge in [-0.25, -0.2) is 0 Å². The van der Waals surface area contributed by atoms with Crippen LogP contribution >= 0.6 is 0 Å². The Morgan fingerprint density at radius 3 is 2.46 bits per heavy atom. The number of rotatable bonds is 8. The Labute approximate surface area is 155 Å². The van der Waals surface area contributed by atoms with Gasteiger partial charge in [0.1, 0.15) is 6.29 Å². The average molecular weight is 354 g/mol. The molecule has 0 radical (unpaired) electrons. The lowest BCUT2D eigenvalue weighted by Gasteiger charge is -2.38. The zero-order valence-corrected chi connectivity index (χ0v) is 15.1. The fourth-order valence-corrected chi connectivity index (χ4v) is 3.17. The summed E-state index contributed by atoms with van der Waals surface area (Å²) in [6, 6.07) is 20.0. The molecule has 0 N–H and O–H groups in total. The maximum absolute atomic E-state index is 11.0. The average Bonchev–Trinajstić information content (AvgIpc) is 2.69. The van der Waals surface area contributed by atoms with Gasteiger partial charge >= 0.3 is 0 Å². The van der Waals surface area contributed by atoms with Gasteiger partial charge in [0.2, 0.25) is 0 Å². The quantitative estimate of drug-likeness (QED) is 0.663. The lowest BCUT2D eigenvalue weighted by molar-refractivity contribution is -0.259. The molecular weight excluding hydrogens is 328 g/mol. The van der Waals surface area contributed by atoms with Gasteiger partial charge < -0.3 is 19.0 Å². The predicted octanol–water partition coefficient (Wildman–Crippen LogP) is 4.30. The second kappa shape index (κ2) is 9.62. The summed E-state index contributed by atoms with van der Waals surface area (Å²) in [7, 11) is 0. The lowest BCUT2D eigenvalue weighted by atomic mass is 9.97. The molecule has 0 aromatic heterocycles. The first-order valence-corrected chi connectivity index (χ1v) is 9.17. The lowest BCUT2D eigenvalue weighted by Crippen LogP contribution is -2.38. The van der Waals surface area contributed by atoms with Crippen LogP contribution in [-0.2, 0) is 25.6 Å². The number of carbonyl (C=O) groups is 1. The number of aldehydes is 1. The molecule has 1 heterocycles. The third-order valence-electron chi connectivity index (χ3n) is 4.67. The summed E-state index contributed by atoms with van der Waals surface area (Å²) in [4.78, 5) is 11.0. The van der Waals surface area contributed by atoms with Crippen LogP contribution < -0.4 is 0 Å². The van der Waals surface area contributed by atoms with Crippen molar-refractivity contribution >= 4 is 6.29 Å². The van der Waals surface area contributed by atoms with Crippen molar-refractivity contribution in [3.8, 4) is 0 Å². The first-order chi connectivity index (χ1) is 12.8. The minimum absolute atomic E-state index is 0.00493. The van der Waals surface area contributed by atoms with E-state index in [0.717, 1.165) is 17.4 Å². The molecule has 4 nitrogen and oxygen atoms in total. The molecule has 138 valence electrons. The third-order valence-corrected chi connectivity index (χ3v) is 4.67. The first kappa shape index (κ1) is 18.8. The summed E-state index contributed by atoms with van der Waals surface area (Å²) in [6.07, 6.45) is 1.46. The van der Waals surface area contributed by atoms with E-state index < -0.39 is 6.29 Å². The predicted molar refractivity (Wildman–Crippen MR) is 99.5 cm³/mol. The van der Waals surface area contributed by atoms with Gasteiger partial charge in [0.25, 0.3) is 0 Å². The van der Waals surface area contributed by atoms with Crippen LogP contribution in [0.3, 0.4) is 0 Å². The van der Waals surface area contributed by atoms with Gasteiger partial charge in [-0.2, -0.15) is 0 Å². The Balaban J connectivity index is 1.58. The number of ether oxygens (including phenoxy) is 3. The van der Waals surface area contributed by atoms with Crippen molar-refractivity contribution in [1.82, 2.24) is 0 Å². The highest BCUT2D eigenvalue weighted by atomic mass is 16.7. The SMILES string of the molecule is C[C@@H](COCc1ccccc1)[C@@H]1C[C@H](CC=O)OC(c2ccccc2)O1. The van der Waals surface area contributed by atoms with E-state index in [4.69, 9.17) is 14.2 Å². The van der Waals surface area contributed by atoms with Crippen molar-refractivity contribution in [2.45, 2.75) is 44.9 Å². The van der Waals surface area contributed by atoms with Crippen LogP contribution in [0.15, 0.2) is 60.7 Å². The van der Waals surface area contributed by atoms with Gasteiger partial charge in [-0.05, 0) is 5.56 Å². The fourth-order valence-electron chi connectivity index (χ4n) is 3.17. The van der Waals surface area contributed by atoms with E-state index in [1.54, 1.807) is 0 Å². The summed E-state index contributed by atoms with van der Waals surface area (Å²) < 4.78 is 18.0. The Morgan fingerprint density at radius 2 is 1.77 bits per heavy atom. The highest BCUT2D eigenvalue weighted by Gasteiger charge is 2.33. The summed E-state index contributed by atoms with van der Waals surface area (Å²) in [6.45, 7) is 3.32. The Hall–Kier alpha value is -2.01. The van der Waals surface area contributed by atoms with Crippen LogP contribution in [0.5, 0.6) is 0 Å². The summed E-state index contributed by atoms with van der Waals surface area (Å²) in [5.41, 5.74) is 2.14. The van der Waals surface area contributed by atoms with Crippen LogP contribution in [0.1, 0.15) is 37.2 Å². The molecule has 2 aromatic carbocycles. The largest absolute Gasteiger partial charge is 0.376 e. The molecule has 0 saturated carbocycles. The smallest absolute Gasteiger partial charge is 0.184 e. The van der Waals surface area contributed by atoms with Gasteiger partial charge in [0, 0.05) is 24.3 Å². The van der Waals surface area contributed by atoms with E-state index in [1.807, 2.05) is 48.5 Å².